The molecule has 0 fully saturated rings. The highest BCUT2D eigenvalue weighted by Gasteiger charge is 2.12. The molecule has 1 heterocycles. The zero-order valence-corrected chi connectivity index (χ0v) is 11.2. The Hall–Kier alpha value is -1.26. The second-order valence-electron chi connectivity index (χ2n) is 3.77. The van der Waals surface area contributed by atoms with Gasteiger partial charge >= 0.3 is 0 Å². The summed E-state index contributed by atoms with van der Waals surface area (Å²) >= 11 is 3.47. The molecule has 0 bridgehead atoms. The average molecular weight is 292 g/mol. The van der Waals surface area contributed by atoms with E-state index in [0.29, 0.717) is 0 Å². The minimum Gasteiger partial charge on any atom is -0.313 e. The summed E-state index contributed by atoms with van der Waals surface area (Å²) in [5, 5.41) is 3.31. The van der Waals surface area contributed by atoms with E-state index >= 15 is 0 Å². The van der Waals surface area contributed by atoms with Crippen molar-refractivity contribution < 1.29 is 0 Å². The Balaban J connectivity index is 2.19. The fourth-order valence-electron chi connectivity index (χ4n) is 1.75. The first-order chi connectivity index (χ1) is 8.31. The second-order valence-corrected chi connectivity index (χ2v) is 4.63. The number of hydrogen-bond acceptors (Lipinski definition) is 3. The quantitative estimate of drug-likeness (QED) is 0.941. The van der Waals surface area contributed by atoms with E-state index in [0.717, 1.165) is 16.6 Å². The maximum Gasteiger partial charge on any atom is 0.115 e. The largest absolute Gasteiger partial charge is 0.313 e. The van der Waals surface area contributed by atoms with Gasteiger partial charge in [-0.3, -0.25) is 0 Å². The lowest BCUT2D eigenvalue weighted by Gasteiger charge is -2.16. The predicted octanol–water partition coefficient (Wildman–Crippen LogP) is 2.74. The molecule has 2 rings (SSSR count). The zero-order valence-electron chi connectivity index (χ0n) is 9.60. The molecule has 1 N–H and O–H groups in total. The molecule has 17 heavy (non-hydrogen) atoms. The van der Waals surface area contributed by atoms with E-state index in [4.69, 9.17) is 0 Å². The number of benzene rings is 1. The molecule has 0 saturated carbocycles. The van der Waals surface area contributed by atoms with Gasteiger partial charge in [0.05, 0.1) is 10.2 Å². The van der Waals surface area contributed by atoms with Crippen molar-refractivity contribution in [2.75, 3.05) is 7.05 Å². The highest BCUT2D eigenvalue weighted by Crippen LogP contribution is 2.21. The van der Waals surface area contributed by atoms with Gasteiger partial charge in [-0.25, -0.2) is 9.97 Å². The SMILES string of the molecule is CNC(Cc1ncncc1Br)c1ccccc1. The minimum atomic E-state index is 0.266. The van der Waals surface area contributed by atoms with Crippen LogP contribution in [0.25, 0.3) is 0 Å². The van der Waals surface area contributed by atoms with E-state index in [1.165, 1.54) is 5.56 Å². The number of likely N-dealkylation sites (N-methyl/N-ethyl adjacent to an activating group) is 1. The lowest BCUT2D eigenvalue weighted by molar-refractivity contribution is 0.582. The Labute approximate surface area is 109 Å². The third-order valence-corrected chi connectivity index (χ3v) is 3.35. The number of hydrogen-bond donors (Lipinski definition) is 1. The first kappa shape index (κ1) is 12.2. The van der Waals surface area contributed by atoms with Gasteiger partial charge in [-0.15, -0.1) is 0 Å². The van der Waals surface area contributed by atoms with E-state index in [1.807, 2.05) is 13.1 Å². The number of aromatic nitrogens is 2. The summed E-state index contributed by atoms with van der Waals surface area (Å²) in [6.07, 6.45) is 4.20. The van der Waals surface area contributed by atoms with Crippen LogP contribution in [0.15, 0.2) is 47.3 Å². The van der Waals surface area contributed by atoms with Crippen molar-refractivity contribution in [2.45, 2.75) is 12.5 Å². The van der Waals surface area contributed by atoms with Crippen LogP contribution in [0.2, 0.25) is 0 Å². The maximum absolute atomic E-state index is 4.29. The van der Waals surface area contributed by atoms with Gasteiger partial charge in [0, 0.05) is 18.7 Å². The van der Waals surface area contributed by atoms with Gasteiger partial charge in [0.25, 0.3) is 0 Å². The summed E-state index contributed by atoms with van der Waals surface area (Å²) in [6, 6.07) is 10.6. The van der Waals surface area contributed by atoms with Crippen molar-refractivity contribution in [1.82, 2.24) is 15.3 Å². The maximum atomic E-state index is 4.29. The van der Waals surface area contributed by atoms with Gasteiger partial charge in [-0.2, -0.15) is 0 Å². The van der Waals surface area contributed by atoms with Gasteiger partial charge < -0.3 is 5.32 Å². The Morgan fingerprint density at radius 3 is 2.71 bits per heavy atom. The van der Waals surface area contributed by atoms with Crippen LogP contribution in [0.5, 0.6) is 0 Å². The molecule has 0 radical (unpaired) electrons. The standard InChI is InChI=1S/C13H14BrN3/c1-15-12(10-5-3-2-4-6-10)7-13-11(14)8-16-9-17-13/h2-6,8-9,12,15H,7H2,1H3. The summed E-state index contributed by atoms with van der Waals surface area (Å²) in [6.45, 7) is 0. The summed E-state index contributed by atoms with van der Waals surface area (Å²) in [5.74, 6) is 0. The number of nitrogens with one attached hydrogen (secondary N) is 1. The van der Waals surface area contributed by atoms with E-state index in [9.17, 15) is 0 Å². The molecule has 0 aliphatic heterocycles. The van der Waals surface area contributed by atoms with Crippen molar-refractivity contribution >= 4 is 15.9 Å². The van der Waals surface area contributed by atoms with Crippen LogP contribution >= 0.6 is 15.9 Å². The summed E-state index contributed by atoms with van der Waals surface area (Å²) in [4.78, 5) is 8.27. The molecular weight excluding hydrogens is 278 g/mol. The fourth-order valence-corrected chi connectivity index (χ4v) is 2.14. The topological polar surface area (TPSA) is 37.8 Å². The van der Waals surface area contributed by atoms with Crippen molar-refractivity contribution in [3.8, 4) is 0 Å². The highest BCUT2D eigenvalue weighted by molar-refractivity contribution is 9.10. The number of halogens is 1. The first-order valence-electron chi connectivity index (χ1n) is 5.48. The van der Waals surface area contributed by atoms with Crippen LogP contribution in [0.4, 0.5) is 0 Å². The average Bonchev–Trinajstić information content (AvgIpc) is 2.39. The van der Waals surface area contributed by atoms with Gasteiger partial charge in [-0.1, -0.05) is 30.3 Å². The van der Waals surface area contributed by atoms with Gasteiger partial charge in [0.2, 0.25) is 0 Å². The Morgan fingerprint density at radius 2 is 2.06 bits per heavy atom. The molecule has 0 spiro atoms. The van der Waals surface area contributed by atoms with Crippen LogP contribution < -0.4 is 5.32 Å². The molecule has 4 heteroatoms. The van der Waals surface area contributed by atoms with Crippen LogP contribution in [0.3, 0.4) is 0 Å². The first-order valence-corrected chi connectivity index (χ1v) is 6.27. The number of nitrogens with zero attached hydrogens (tertiary/aromatic N) is 2. The summed E-state index contributed by atoms with van der Waals surface area (Å²) in [7, 11) is 1.97. The Bertz CT molecular complexity index is 473. The van der Waals surface area contributed by atoms with Crippen LogP contribution in [-0.2, 0) is 6.42 Å². The monoisotopic (exact) mass is 291 g/mol. The fraction of sp³-hybridized carbons (Fsp3) is 0.231. The molecule has 1 aromatic carbocycles. The van der Waals surface area contributed by atoms with Crippen molar-refractivity contribution in [1.29, 1.82) is 0 Å². The van der Waals surface area contributed by atoms with Gasteiger partial charge in [0.15, 0.2) is 0 Å². The zero-order chi connectivity index (χ0) is 12.1. The van der Waals surface area contributed by atoms with Crippen molar-refractivity contribution in [2.24, 2.45) is 0 Å². The van der Waals surface area contributed by atoms with Crippen LogP contribution in [-0.4, -0.2) is 17.0 Å². The minimum absolute atomic E-state index is 0.266. The smallest absolute Gasteiger partial charge is 0.115 e. The second kappa shape index (κ2) is 5.89. The van der Waals surface area contributed by atoms with E-state index in [2.05, 4.69) is 55.5 Å². The molecule has 0 aliphatic carbocycles. The van der Waals surface area contributed by atoms with E-state index in [1.54, 1.807) is 12.5 Å². The lowest BCUT2D eigenvalue weighted by Crippen LogP contribution is -2.19. The normalized spacial score (nSPS) is 12.4. The molecule has 1 unspecified atom stereocenters. The lowest BCUT2D eigenvalue weighted by atomic mass is 10.0. The van der Waals surface area contributed by atoms with Crippen LogP contribution in [0, 0.1) is 0 Å². The molecule has 1 aromatic heterocycles. The molecule has 2 aromatic rings. The van der Waals surface area contributed by atoms with Crippen molar-refractivity contribution in [3.63, 3.8) is 0 Å². The molecule has 0 aliphatic rings. The molecule has 0 saturated heterocycles. The van der Waals surface area contributed by atoms with Crippen molar-refractivity contribution in [3.05, 3.63) is 58.6 Å². The van der Waals surface area contributed by atoms with E-state index < -0.39 is 0 Å². The molecular formula is C13H14BrN3. The molecule has 88 valence electrons. The third kappa shape index (κ3) is 3.11. The summed E-state index contributed by atoms with van der Waals surface area (Å²) < 4.78 is 0.955. The Kier molecular flexibility index (Phi) is 4.23. The highest BCUT2D eigenvalue weighted by atomic mass is 79.9. The molecule has 0 amide bonds. The number of rotatable bonds is 4. The third-order valence-electron chi connectivity index (χ3n) is 2.69. The van der Waals surface area contributed by atoms with Crippen LogP contribution in [0.1, 0.15) is 17.3 Å². The van der Waals surface area contributed by atoms with Gasteiger partial charge in [0.1, 0.15) is 6.33 Å². The van der Waals surface area contributed by atoms with E-state index in [-0.39, 0.29) is 6.04 Å². The molecule has 3 nitrogen and oxygen atoms in total. The predicted molar refractivity (Wildman–Crippen MR) is 71.7 cm³/mol. The molecule has 1 atom stereocenters. The summed E-state index contributed by atoms with van der Waals surface area (Å²) in [5.41, 5.74) is 2.28. The Morgan fingerprint density at radius 1 is 1.29 bits per heavy atom. The van der Waals surface area contributed by atoms with Gasteiger partial charge in [-0.05, 0) is 28.5 Å².